The third-order valence-electron chi connectivity index (χ3n) is 5.86. The van der Waals surface area contributed by atoms with E-state index >= 15 is 0 Å². The number of anilines is 1. The molecule has 0 saturated carbocycles. The molecule has 1 atom stereocenters. The predicted molar refractivity (Wildman–Crippen MR) is 133 cm³/mol. The molecule has 0 spiro atoms. The van der Waals surface area contributed by atoms with Gasteiger partial charge in [0.25, 0.3) is 0 Å². The first kappa shape index (κ1) is 21.4. The summed E-state index contributed by atoms with van der Waals surface area (Å²) in [6, 6.07) is 25.3. The van der Waals surface area contributed by atoms with E-state index in [1.165, 1.54) is 0 Å². The Balaban J connectivity index is 1.60. The quantitative estimate of drug-likeness (QED) is 0.388. The highest BCUT2D eigenvalue weighted by Crippen LogP contribution is 2.42. The van der Waals surface area contributed by atoms with Gasteiger partial charge in [-0.1, -0.05) is 42.5 Å². The van der Waals surface area contributed by atoms with Crippen molar-refractivity contribution in [2.24, 2.45) is 4.99 Å². The Morgan fingerprint density at radius 2 is 1.50 bits per heavy atom. The highest BCUT2D eigenvalue weighted by Gasteiger charge is 2.36. The smallest absolute Gasteiger partial charge is 0.238 e. The number of nitrogens with zero attached hydrogens (tertiary/aromatic N) is 2. The standard InChI is InChI=1S/C28H23N3O3/c1-33-24-16-22-23(17-25(24)34-2)31-28(32)26(22)27(20-6-4-3-5-7-20)30-21-10-8-18(9-11-21)19-12-14-29-15-13-19/h3-17,26H,1-2H3,(H,31,32). The first-order valence-corrected chi connectivity index (χ1v) is 10.9. The summed E-state index contributed by atoms with van der Waals surface area (Å²) >= 11 is 0. The van der Waals surface area contributed by atoms with Crippen LogP contribution in [-0.4, -0.2) is 30.8 Å². The molecule has 4 aromatic rings. The lowest BCUT2D eigenvalue weighted by Crippen LogP contribution is -2.22. The Labute approximate surface area is 197 Å². The Morgan fingerprint density at radius 3 is 2.18 bits per heavy atom. The summed E-state index contributed by atoms with van der Waals surface area (Å²) < 4.78 is 10.9. The average Bonchev–Trinajstić information content (AvgIpc) is 3.22. The van der Waals surface area contributed by atoms with E-state index in [-0.39, 0.29) is 5.91 Å². The fourth-order valence-electron chi connectivity index (χ4n) is 4.18. The van der Waals surface area contributed by atoms with Crippen molar-refractivity contribution in [2.45, 2.75) is 5.92 Å². The summed E-state index contributed by atoms with van der Waals surface area (Å²) in [5, 5.41) is 2.98. The molecule has 1 unspecified atom stereocenters. The summed E-state index contributed by atoms with van der Waals surface area (Å²) in [7, 11) is 3.16. The topological polar surface area (TPSA) is 72.8 Å². The van der Waals surface area contributed by atoms with Crippen LogP contribution >= 0.6 is 0 Å². The molecule has 6 heteroatoms. The highest BCUT2D eigenvalue weighted by molar-refractivity contribution is 6.24. The minimum atomic E-state index is -0.586. The molecular weight excluding hydrogens is 426 g/mol. The largest absolute Gasteiger partial charge is 0.493 e. The number of amides is 1. The van der Waals surface area contributed by atoms with Gasteiger partial charge in [-0.05, 0) is 52.6 Å². The molecule has 0 aliphatic carbocycles. The summed E-state index contributed by atoms with van der Waals surface area (Å²) in [4.78, 5) is 22.2. The Bertz CT molecular complexity index is 1350. The van der Waals surface area contributed by atoms with E-state index in [4.69, 9.17) is 14.5 Å². The second kappa shape index (κ2) is 9.19. The number of hydrogen-bond acceptors (Lipinski definition) is 5. The molecule has 1 aromatic heterocycles. The lowest BCUT2D eigenvalue weighted by Gasteiger charge is -2.15. The maximum absolute atomic E-state index is 13.2. The second-order valence-electron chi connectivity index (χ2n) is 7.86. The highest BCUT2D eigenvalue weighted by atomic mass is 16.5. The summed E-state index contributed by atoms with van der Waals surface area (Å²) in [6.45, 7) is 0. The monoisotopic (exact) mass is 449 g/mol. The molecule has 0 fully saturated rings. The van der Waals surface area contributed by atoms with Gasteiger partial charge in [0.1, 0.15) is 5.92 Å². The molecule has 1 N–H and O–H groups in total. The third-order valence-corrected chi connectivity index (χ3v) is 5.86. The van der Waals surface area contributed by atoms with Crippen LogP contribution < -0.4 is 14.8 Å². The SMILES string of the molecule is COc1cc2c(cc1OC)C(C(=Nc1ccc(-c3ccncc3)cc1)c1ccccc1)C(=O)N2. The minimum absolute atomic E-state index is 0.138. The van der Waals surface area contributed by atoms with Gasteiger partial charge < -0.3 is 14.8 Å². The first-order valence-electron chi connectivity index (χ1n) is 10.9. The van der Waals surface area contributed by atoms with Gasteiger partial charge >= 0.3 is 0 Å². The number of pyridine rings is 1. The lowest BCUT2D eigenvalue weighted by molar-refractivity contribution is -0.115. The zero-order valence-electron chi connectivity index (χ0n) is 18.9. The maximum Gasteiger partial charge on any atom is 0.238 e. The molecule has 1 aliphatic rings. The van der Waals surface area contributed by atoms with Crippen LogP contribution in [0, 0.1) is 0 Å². The van der Waals surface area contributed by atoms with Crippen molar-refractivity contribution in [3.63, 3.8) is 0 Å². The number of ether oxygens (including phenoxy) is 2. The second-order valence-corrected chi connectivity index (χ2v) is 7.86. The number of carbonyl (C=O) groups excluding carboxylic acids is 1. The van der Waals surface area contributed by atoms with E-state index in [0.717, 1.165) is 27.9 Å². The molecule has 6 nitrogen and oxygen atoms in total. The first-order chi connectivity index (χ1) is 16.7. The molecule has 168 valence electrons. The van der Waals surface area contributed by atoms with Gasteiger partial charge in [-0.3, -0.25) is 14.8 Å². The molecule has 0 radical (unpaired) electrons. The number of nitrogens with one attached hydrogen (secondary N) is 1. The van der Waals surface area contributed by atoms with E-state index < -0.39 is 5.92 Å². The number of aromatic nitrogens is 1. The predicted octanol–water partition coefficient (Wildman–Crippen LogP) is 5.62. The van der Waals surface area contributed by atoms with Crippen LogP contribution in [-0.2, 0) is 4.79 Å². The molecule has 2 heterocycles. The number of methoxy groups -OCH3 is 2. The van der Waals surface area contributed by atoms with E-state index in [1.54, 1.807) is 32.7 Å². The van der Waals surface area contributed by atoms with Crippen molar-refractivity contribution in [2.75, 3.05) is 19.5 Å². The Kier molecular flexibility index (Phi) is 5.79. The van der Waals surface area contributed by atoms with Crippen LogP contribution in [0.1, 0.15) is 17.0 Å². The van der Waals surface area contributed by atoms with Crippen molar-refractivity contribution < 1.29 is 14.3 Å². The van der Waals surface area contributed by atoms with Crippen LogP contribution in [0.15, 0.2) is 96.2 Å². The number of rotatable bonds is 6. The number of hydrogen-bond donors (Lipinski definition) is 1. The lowest BCUT2D eigenvalue weighted by atomic mass is 9.90. The van der Waals surface area contributed by atoms with Gasteiger partial charge in [0, 0.05) is 24.1 Å². The third kappa shape index (κ3) is 4.01. The van der Waals surface area contributed by atoms with E-state index in [1.807, 2.05) is 72.8 Å². The molecule has 0 saturated heterocycles. The molecule has 1 amide bonds. The van der Waals surface area contributed by atoms with Crippen LogP contribution in [0.5, 0.6) is 11.5 Å². The number of fused-ring (bicyclic) bond motifs is 1. The van der Waals surface area contributed by atoms with Crippen molar-refractivity contribution >= 4 is 23.0 Å². The molecule has 0 bridgehead atoms. The number of carbonyl (C=O) groups is 1. The van der Waals surface area contributed by atoms with Crippen LogP contribution in [0.25, 0.3) is 11.1 Å². The summed E-state index contributed by atoms with van der Waals surface area (Å²) in [6.07, 6.45) is 3.54. The van der Waals surface area contributed by atoms with Crippen LogP contribution in [0.4, 0.5) is 11.4 Å². The molecular formula is C28H23N3O3. The van der Waals surface area contributed by atoms with Gasteiger partial charge in [0.15, 0.2) is 11.5 Å². The van der Waals surface area contributed by atoms with Crippen molar-refractivity contribution in [1.82, 2.24) is 4.98 Å². The van der Waals surface area contributed by atoms with E-state index in [2.05, 4.69) is 10.3 Å². The van der Waals surface area contributed by atoms with Gasteiger partial charge in [-0.15, -0.1) is 0 Å². The van der Waals surface area contributed by atoms with E-state index in [0.29, 0.717) is 22.9 Å². The Hall–Kier alpha value is -4.45. The minimum Gasteiger partial charge on any atom is -0.493 e. The Morgan fingerprint density at radius 1 is 0.853 bits per heavy atom. The maximum atomic E-state index is 13.2. The number of aliphatic imine (C=N–C) groups is 1. The number of benzene rings is 3. The zero-order chi connectivity index (χ0) is 23.5. The van der Waals surface area contributed by atoms with Crippen molar-refractivity contribution in [3.8, 4) is 22.6 Å². The van der Waals surface area contributed by atoms with Crippen molar-refractivity contribution in [3.05, 3.63) is 102 Å². The molecule has 3 aromatic carbocycles. The summed E-state index contributed by atoms with van der Waals surface area (Å²) in [5.41, 5.74) is 5.97. The van der Waals surface area contributed by atoms with Crippen LogP contribution in [0.3, 0.4) is 0 Å². The molecule has 1 aliphatic heterocycles. The molecule has 34 heavy (non-hydrogen) atoms. The molecule has 5 rings (SSSR count). The van der Waals surface area contributed by atoms with E-state index in [9.17, 15) is 4.79 Å². The summed E-state index contributed by atoms with van der Waals surface area (Å²) in [5.74, 6) is 0.405. The van der Waals surface area contributed by atoms with Crippen LogP contribution in [0.2, 0.25) is 0 Å². The fraction of sp³-hybridized carbons (Fsp3) is 0.107. The zero-order valence-corrected chi connectivity index (χ0v) is 18.9. The van der Waals surface area contributed by atoms with Gasteiger partial charge in [0.05, 0.1) is 25.6 Å². The van der Waals surface area contributed by atoms with Gasteiger partial charge in [0.2, 0.25) is 5.91 Å². The van der Waals surface area contributed by atoms with Gasteiger partial charge in [-0.25, -0.2) is 0 Å². The normalized spacial score (nSPS) is 14.9. The van der Waals surface area contributed by atoms with Crippen molar-refractivity contribution in [1.29, 1.82) is 0 Å². The van der Waals surface area contributed by atoms with Gasteiger partial charge in [-0.2, -0.15) is 0 Å². The average molecular weight is 450 g/mol. The fourth-order valence-corrected chi connectivity index (χ4v) is 4.18.